The zero-order valence-electron chi connectivity index (χ0n) is 11.9. The third-order valence-electron chi connectivity index (χ3n) is 4.09. The van der Waals surface area contributed by atoms with E-state index in [2.05, 4.69) is 15.6 Å². The van der Waals surface area contributed by atoms with Gasteiger partial charge < -0.3 is 15.6 Å². The molecule has 4 nitrogen and oxygen atoms in total. The molecule has 2 heterocycles. The Kier molecular flexibility index (Phi) is 4.46. The van der Waals surface area contributed by atoms with Crippen LogP contribution in [0.1, 0.15) is 18.4 Å². The highest BCUT2D eigenvalue weighted by atomic mass is 35.5. The zero-order valence-corrected chi connectivity index (χ0v) is 12.7. The molecule has 1 aliphatic heterocycles. The lowest BCUT2D eigenvalue weighted by atomic mass is 9.99. The summed E-state index contributed by atoms with van der Waals surface area (Å²) in [6, 6.07) is 5.82. The van der Waals surface area contributed by atoms with Gasteiger partial charge in [-0.05, 0) is 49.6 Å². The Labute approximate surface area is 129 Å². The molecule has 2 aromatic rings. The predicted molar refractivity (Wildman–Crippen MR) is 85.6 cm³/mol. The number of halogens is 1. The van der Waals surface area contributed by atoms with Crippen molar-refractivity contribution in [1.29, 1.82) is 0 Å². The minimum Gasteiger partial charge on any atom is -0.361 e. The van der Waals surface area contributed by atoms with Crippen LogP contribution in [-0.4, -0.2) is 30.5 Å². The van der Waals surface area contributed by atoms with Gasteiger partial charge in [-0.15, -0.1) is 0 Å². The fraction of sp³-hybridized carbons (Fsp3) is 0.438. The fourth-order valence-electron chi connectivity index (χ4n) is 2.90. The van der Waals surface area contributed by atoms with E-state index in [0.29, 0.717) is 6.54 Å². The highest BCUT2D eigenvalue weighted by Crippen LogP contribution is 2.22. The molecule has 112 valence electrons. The molecule has 1 aromatic heterocycles. The van der Waals surface area contributed by atoms with E-state index in [1.165, 1.54) is 5.56 Å². The number of nitrogens with one attached hydrogen (secondary N) is 3. The van der Waals surface area contributed by atoms with Crippen molar-refractivity contribution in [2.75, 3.05) is 19.6 Å². The maximum Gasteiger partial charge on any atom is 0.224 e. The molecule has 3 N–H and O–H groups in total. The number of benzene rings is 1. The standard InChI is InChI=1S/C16H20ClN3O/c17-13-3-4-15-14(8-13)11(10-20-15)5-7-19-16(21)12-2-1-6-18-9-12/h3-4,8,10,12,18,20H,1-2,5-7,9H2,(H,19,21). The van der Waals surface area contributed by atoms with Gasteiger partial charge in [-0.1, -0.05) is 11.6 Å². The van der Waals surface area contributed by atoms with Crippen molar-refractivity contribution in [2.24, 2.45) is 5.92 Å². The third-order valence-corrected chi connectivity index (χ3v) is 4.33. The molecular formula is C16H20ClN3O. The van der Waals surface area contributed by atoms with Crippen LogP contribution in [0, 0.1) is 5.92 Å². The first-order valence-electron chi connectivity index (χ1n) is 7.48. The SMILES string of the molecule is O=C(NCCc1c[nH]c2ccc(Cl)cc12)C1CCCNC1. The van der Waals surface area contributed by atoms with Gasteiger partial charge >= 0.3 is 0 Å². The maximum atomic E-state index is 12.1. The number of hydrogen-bond acceptors (Lipinski definition) is 2. The normalized spacial score (nSPS) is 18.8. The second-order valence-corrected chi connectivity index (χ2v) is 6.02. The average molecular weight is 306 g/mol. The fourth-order valence-corrected chi connectivity index (χ4v) is 3.07. The first-order valence-corrected chi connectivity index (χ1v) is 7.86. The van der Waals surface area contributed by atoms with Crippen LogP contribution in [0.4, 0.5) is 0 Å². The summed E-state index contributed by atoms with van der Waals surface area (Å²) in [7, 11) is 0. The third kappa shape index (κ3) is 3.39. The first-order chi connectivity index (χ1) is 10.2. The number of rotatable bonds is 4. The summed E-state index contributed by atoms with van der Waals surface area (Å²) in [5.41, 5.74) is 2.27. The Hall–Kier alpha value is -1.52. The molecule has 0 aliphatic carbocycles. The Bertz CT molecular complexity index is 631. The molecule has 1 aliphatic rings. The van der Waals surface area contributed by atoms with Gasteiger partial charge in [-0.3, -0.25) is 4.79 Å². The largest absolute Gasteiger partial charge is 0.361 e. The zero-order chi connectivity index (χ0) is 14.7. The number of aromatic amines is 1. The number of H-pyrrole nitrogens is 1. The first kappa shape index (κ1) is 14.4. The molecule has 0 bridgehead atoms. The Morgan fingerprint density at radius 3 is 3.14 bits per heavy atom. The number of piperidine rings is 1. The number of carbonyl (C=O) groups excluding carboxylic acids is 1. The molecule has 1 aromatic carbocycles. The monoisotopic (exact) mass is 305 g/mol. The van der Waals surface area contributed by atoms with Gasteiger partial charge in [-0.2, -0.15) is 0 Å². The van der Waals surface area contributed by atoms with Crippen LogP contribution in [0.25, 0.3) is 10.9 Å². The molecule has 1 saturated heterocycles. The molecule has 1 atom stereocenters. The lowest BCUT2D eigenvalue weighted by molar-refractivity contribution is -0.125. The van der Waals surface area contributed by atoms with E-state index in [-0.39, 0.29) is 11.8 Å². The topological polar surface area (TPSA) is 56.9 Å². The van der Waals surface area contributed by atoms with Gasteiger partial charge in [0.15, 0.2) is 0 Å². The van der Waals surface area contributed by atoms with Gasteiger partial charge in [0.1, 0.15) is 0 Å². The summed E-state index contributed by atoms with van der Waals surface area (Å²) in [6.45, 7) is 2.49. The van der Waals surface area contributed by atoms with E-state index >= 15 is 0 Å². The quantitative estimate of drug-likeness (QED) is 0.813. The molecule has 1 amide bonds. The highest BCUT2D eigenvalue weighted by Gasteiger charge is 2.20. The van der Waals surface area contributed by atoms with Crippen LogP contribution >= 0.6 is 11.6 Å². The second kappa shape index (κ2) is 6.50. The van der Waals surface area contributed by atoms with Crippen molar-refractivity contribution < 1.29 is 4.79 Å². The lowest BCUT2D eigenvalue weighted by Gasteiger charge is -2.21. The van der Waals surface area contributed by atoms with Gasteiger partial charge in [0.05, 0.1) is 5.92 Å². The highest BCUT2D eigenvalue weighted by molar-refractivity contribution is 6.31. The molecule has 3 rings (SSSR count). The number of carbonyl (C=O) groups is 1. The molecule has 5 heteroatoms. The summed E-state index contributed by atoms with van der Waals surface area (Å²) >= 11 is 6.04. The van der Waals surface area contributed by atoms with E-state index in [4.69, 9.17) is 11.6 Å². The summed E-state index contributed by atoms with van der Waals surface area (Å²) < 4.78 is 0. The van der Waals surface area contributed by atoms with Crippen LogP contribution in [0.3, 0.4) is 0 Å². The molecule has 21 heavy (non-hydrogen) atoms. The van der Waals surface area contributed by atoms with Gasteiger partial charge in [-0.25, -0.2) is 0 Å². The Balaban J connectivity index is 1.56. The molecule has 0 radical (unpaired) electrons. The summed E-state index contributed by atoms with van der Waals surface area (Å²) in [6.07, 6.45) is 4.88. The number of hydrogen-bond donors (Lipinski definition) is 3. The Morgan fingerprint density at radius 1 is 1.43 bits per heavy atom. The predicted octanol–water partition coefficient (Wildman–Crippen LogP) is 2.48. The smallest absolute Gasteiger partial charge is 0.224 e. The average Bonchev–Trinajstić information content (AvgIpc) is 2.90. The number of amides is 1. The van der Waals surface area contributed by atoms with Crippen molar-refractivity contribution in [1.82, 2.24) is 15.6 Å². The Morgan fingerprint density at radius 2 is 2.33 bits per heavy atom. The molecule has 1 fully saturated rings. The van der Waals surface area contributed by atoms with Crippen molar-refractivity contribution in [3.63, 3.8) is 0 Å². The van der Waals surface area contributed by atoms with Crippen molar-refractivity contribution in [3.05, 3.63) is 35.0 Å². The molecule has 0 saturated carbocycles. The van der Waals surface area contributed by atoms with Gasteiger partial charge in [0.2, 0.25) is 5.91 Å². The molecule has 0 spiro atoms. The summed E-state index contributed by atoms with van der Waals surface area (Å²) in [5.74, 6) is 0.288. The second-order valence-electron chi connectivity index (χ2n) is 5.59. The number of aromatic nitrogens is 1. The van der Waals surface area contributed by atoms with E-state index in [1.807, 2.05) is 24.4 Å². The molecular weight excluding hydrogens is 286 g/mol. The maximum absolute atomic E-state index is 12.1. The minimum absolute atomic E-state index is 0.121. The van der Waals surface area contributed by atoms with Crippen molar-refractivity contribution >= 4 is 28.4 Å². The summed E-state index contributed by atoms with van der Waals surface area (Å²) in [4.78, 5) is 15.3. The van der Waals surface area contributed by atoms with Crippen LogP contribution in [0.5, 0.6) is 0 Å². The lowest BCUT2D eigenvalue weighted by Crippen LogP contribution is -2.41. The van der Waals surface area contributed by atoms with E-state index in [0.717, 1.165) is 48.3 Å². The van der Waals surface area contributed by atoms with E-state index in [9.17, 15) is 4.79 Å². The van der Waals surface area contributed by atoms with Gasteiger partial charge in [0, 0.05) is 35.2 Å². The number of fused-ring (bicyclic) bond motifs is 1. The van der Waals surface area contributed by atoms with Crippen LogP contribution in [0.2, 0.25) is 5.02 Å². The van der Waals surface area contributed by atoms with Gasteiger partial charge in [0.25, 0.3) is 0 Å². The van der Waals surface area contributed by atoms with Crippen molar-refractivity contribution in [2.45, 2.75) is 19.3 Å². The van der Waals surface area contributed by atoms with Crippen LogP contribution in [0.15, 0.2) is 24.4 Å². The van der Waals surface area contributed by atoms with Crippen molar-refractivity contribution in [3.8, 4) is 0 Å². The summed E-state index contributed by atoms with van der Waals surface area (Å²) in [5, 5.41) is 8.19. The molecule has 1 unspecified atom stereocenters. The van der Waals surface area contributed by atoms with Crippen LogP contribution in [-0.2, 0) is 11.2 Å². The van der Waals surface area contributed by atoms with E-state index < -0.39 is 0 Å². The van der Waals surface area contributed by atoms with Crippen LogP contribution < -0.4 is 10.6 Å². The minimum atomic E-state index is 0.121. The van der Waals surface area contributed by atoms with E-state index in [1.54, 1.807) is 0 Å².